The molecule has 0 amide bonds. The van der Waals surface area contributed by atoms with Crippen molar-refractivity contribution < 1.29 is 5.11 Å². The minimum atomic E-state index is -0.185. The van der Waals surface area contributed by atoms with Gasteiger partial charge in [0.05, 0.1) is 6.10 Å². The van der Waals surface area contributed by atoms with E-state index in [0.717, 1.165) is 12.8 Å². The van der Waals surface area contributed by atoms with Crippen molar-refractivity contribution in [1.82, 2.24) is 0 Å². The first kappa shape index (κ1) is 9.27. The first-order valence-corrected chi connectivity index (χ1v) is 5.23. The lowest BCUT2D eigenvalue weighted by molar-refractivity contribution is 0.187. The van der Waals surface area contributed by atoms with E-state index in [1.807, 2.05) is 4.99 Å². The van der Waals surface area contributed by atoms with Gasteiger partial charge in [0.25, 0.3) is 0 Å². The second-order valence-electron chi connectivity index (χ2n) is 3.15. The summed E-state index contributed by atoms with van der Waals surface area (Å²) in [4.78, 5) is 1.89. The van der Waals surface area contributed by atoms with Crippen LogP contribution in [-0.2, 0) is 0 Å². The average Bonchev–Trinajstić information content (AvgIpc) is 1.98. The van der Waals surface area contributed by atoms with E-state index in [0.29, 0.717) is 0 Å². The van der Waals surface area contributed by atoms with Crippen LogP contribution in [0.3, 0.4) is 0 Å². The molecule has 11 heavy (non-hydrogen) atoms. The van der Waals surface area contributed by atoms with Crippen LogP contribution in [0.2, 0.25) is 0 Å². The molecular weight excluding hydrogens is 204 g/mol. The van der Waals surface area contributed by atoms with Crippen molar-refractivity contribution in [2.75, 3.05) is 0 Å². The lowest BCUT2D eigenvalue weighted by Crippen LogP contribution is -2.11. The van der Waals surface area contributed by atoms with Gasteiger partial charge >= 0.3 is 0 Å². The smallest absolute Gasteiger partial charge is 0.0758 e. The maximum absolute atomic E-state index is 9.58. The third kappa shape index (κ3) is 2.96. The van der Waals surface area contributed by atoms with Crippen molar-refractivity contribution in [1.29, 1.82) is 0 Å². The van der Waals surface area contributed by atoms with E-state index in [9.17, 15) is 5.11 Å². The van der Waals surface area contributed by atoms with Crippen LogP contribution >= 0.6 is 15.9 Å². The molecule has 0 aromatic heterocycles. The highest BCUT2D eigenvalue weighted by Gasteiger charge is 2.12. The Morgan fingerprint density at radius 1 is 1.27 bits per heavy atom. The Bertz CT molecular complexity index is 142. The van der Waals surface area contributed by atoms with E-state index < -0.39 is 0 Å². The average molecular weight is 219 g/mol. The summed E-state index contributed by atoms with van der Waals surface area (Å²) in [5.41, 5.74) is 1.17. The molecule has 1 aliphatic carbocycles. The summed E-state index contributed by atoms with van der Waals surface area (Å²) >= 11 is 3.29. The predicted octanol–water partition coefficient (Wildman–Crippen LogP) is 2.98. The molecule has 0 spiro atoms. The van der Waals surface area contributed by atoms with E-state index in [-0.39, 0.29) is 6.10 Å². The predicted molar refractivity (Wildman–Crippen MR) is 50.7 cm³/mol. The Balaban J connectivity index is 2.46. The third-order valence-electron chi connectivity index (χ3n) is 2.26. The van der Waals surface area contributed by atoms with E-state index in [1.165, 1.54) is 31.3 Å². The summed E-state index contributed by atoms with van der Waals surface area (Å²) in [6.45, 7) is 0. The van der Waals surface area contributed by atoms with Gasteiger partial charge in [0.15, 0.2) is 0 Å². The Kier molecular flexibility index (Phi) is 4.16. The molecule has 1 nitrogen and oxygen atoms in total. The second-order valence-corrected chi connectivity index (χ2v) is 3.61. The summed E-state index contributed by atoms with van der Waals surface area (Å²) in [6.07, 6.45) is 6.82. The minimum absolute atomic E-state index is 0.185. The number of hydrogen-bond donors (Lipinski definition) is 1. The Morgan fingerprint density at radius 2 is 2.00 bits per heavy atom. The van der Waals surface area contributed by atoms with Gasteiger partial charge in [0, 0.05) is 0 Å². The summed E-state index contributed by atoms with van der Waals surface area (Å²) < 4.78 is 0. The Labute approximate surface area is 76.6 Å². The van der Waals surface area contributed by atoms with Gasteiger partial charge in [-0.05, 0) is 29.8 Å². The molecular formula is C9H15BrO. The highest BCUT2D eigenvalue weighted by Crippen LogP contribution is 2.22. The van der Waals surface area contributed by atoms with Crippen LogP contribution in [0.25, 0.3) is 0 Å². The maximum Gasteiger partial charge on any atom is 0.0758 e. The molecule has 0 aromatic rings. The first-order valence-electron chi connectivity index (χ1n) is 4.32. The summed E-state index contributed by atoms with van der Waals surface area (Å²) in [5.74, 6) is 0. The Hall–Kier alpha value is 0.180. The number of halogens is 1. The summed E-state index contributed by atoms with van der Waals surface area (Å²) in [6, 6.07) is 0. The normalized spacial score (nSPS) is 31.5. The molecule has 0 aromatic carbocycles. The largest absolute Gasteiger partial charge is 0.389 e. The van der Waals surface area contributed by atoms with Crippen molar-refractivity contribution >= 4 is 15.9 Å². The molecule has 1 fully saturated rings. The molecule has 0 saturated heterocycles. The monoisotopic (exact) mass is 218 g/mol. The standard InChI is InChI=1S/C9H15BrO/c10-7-8-5-3-1-2-4-6-9(8)11/h7,9,11H,1-6H2/t9-/m0/s1. The zero-order valence-electron chi connectivity index (χ0n) is 6.72. The van der Waals surface area contributed by atoms with Gasteiger partial charge in [-0.3, -0.25) is 0 Å². The van der Waals surface area contributed by atoms with Gasteiger partial charge in [-0.25, -0.2) is 0 Å². The number of aliphatic hydroxyl groups is 1. The van der Waals surface area contributed by atoms with Crippen LogP contribution in [0.4, 0.5) is 0 Å². The zero-order valence-corrected chi connectivity index (χ0v) is 8.31. The van der Waals surface area contributed by atoms with E-state index in [1.54, 1.807) is 0 Å². The van der Waals surface area contributed by atoms with Gasteiger partial charge in [-0.2, -0.15) is 0 Å². The van der Waals surface area contributed by atoms with E-state index >= 15 is 0 Å². The van der Waals surface area contributed by atoms with Crippen LogP contribution in [0, 0.1) is 0 Å². The van der Waals surface area contributed by atoms with Crippen molar-refractivity contribution in [3.05, 3.63) is 10.6 Å². The van der Waals surface area contributed by atoms with Gasteiger partial charge in [0.2, 0.25) is 0 Å². The van der Waals surface area contributed by atoms with Gasteiger partial charge < -0.3 is 5.11 Å². The van der Waals surface area contributed by atoms with Gasteiger partial charge in [-0.15, -0.1) is 0 Å². The maximum atomic E-state index is 9.58. The minimum Gasteiger partial charge on any atom is -0.389 e. The van der Waals surface area contributed by atoms with Crippen LogP contribution in [0.5, 0.6) is 0 Å². The number of rotatable bonds is 0. The molecule has 1 aliphatic rings. The molecule has 1 saturated carbocycles. The van der Waals surface area contributed by atoms with E-state index in [2.05, 4.69) is 15.9 Å². The molecule has 0 aliphatic heterocycles. The van der Waals surface area contributed by atoms with Crippen LogP contribution in [-0.4, -0.2) is 11.2 Å². The lowest BCUT2D eigenvalue weighted by atomic mass is 9.95. The molecule has 64 valence electrons. The zero-order chi connectivity index (χ0) is 8.10. The van der Waals surface area contributed by atoms with Crippen LogP contribution in [0.15, 0.2) is 10.6 Å². The molecule has 0 heterocycles. The van der Waals surface area contributed by atoms with E-state index in [4.69, 9.17) is 0 Å². The Morgan fingerprint density at radius 3 is 2.73 bits per heavy atom. The summed E-state index contributed by atoms with van der Waals surface area (Å²) in [7, 11) is 0. The second kappa shape index (κ2) is 4.94. The third-order valence-corrected chi connectivity index (χ3v) is 2.85. The SMILES string of the molecule is O[C@H]1CCCCCCC1=CBr. The fraction of sp³-hybridized carbons (Fsp3) is 0.778. The van der Waals surface area contributed by atoms with Crippen molar-refractivity contribution in [3.8, 4) is 0 Å². The molecule has 0 unspecified atom stereocenters. The molecule has 0 radical (unpaired) electrons. The van der Waals surface area contributed by atoms with Crippen LogP contribution in [0.1, 0.15) is 38.5 Å². The highest BCUT2D eigenvalue weighted by atomic mass is 79.9. The summed E-state index contributed by atoms with van der Waals surface area (Å²) in [5, 5.41) is 9.58. The fourth-order valence-electron chi connectivity index (χ4n) is 1.50. The molecule has 1 N–H and O–H groups in total. The fourth-order valence-corrected chi connectivity index (χ4v) is 2.03. The quantitative estimate of drug-likeness (QED) is 0.664. The number of aliphatic hydroxyl groups excluding tert-OH is 1. The topological polar surface area (TPSA) is 20.2 Å². The lowest BCUT2D eigenvalue weighted by Gasteiger charge is -2.17. The molecule has 2 heteroatoms. The molecule has 1 rings (SSSR count). The highest BCUT2D eigenvalue weighted by molar-refractivity contribution is 9.11. The number of hydrogen-bond acceptors (Lipinski definition) is 1. The van der Waals surface area contributed by atoms with Gasteiger partial charge in [-0.1, -0.05) is 35.2 Å². The van der Waals surface area contributed by atoms with Crippen molar-refractivity contribution in [2.24, 2.45) is 0 Å². The first-order chi connectivity index (χ1) is 5.34. The van der Waals surface area contributed by atoms with Crippen molar-refractivity contribution in [2.45, 2.75) is 44.6 Å². The van der Waals surface area contributed by atoms with Crippen LogP contribution < -0.4 is 0 Å². The van der Waals surface area contributed by atoms with Gasteiger partial charge in [0.1, 0.15) is 0 Å². The molecule has 0 bridgehead atoms. The van der Waals surface area contributed by atoms with Crippen molar-refractivity contribution in [3.63, 3.8) is 0 Å². The molecule has 1 atom stereocenters.